The van der Waals surface area contributed by atoms with Crippen molar-refractivity contribution >= 4 is 17.5 Å². The van der Waals surface area contributed by atoms with Crippen molar-refractivity contribution in [2.75, 3.05) is 12.9 Å². The van der Waals surface area contributed by atoms with Crippen LogP contribution in [0.1, 0.15) is 43.1 Å². The lowest BCUT2D eigenvalue weighted by Crippen LogP contribution is -2.03. The summed E-state index contributed by atoms with van der Waals surface area (Å²) < 4.78 is 5.44. The summed E-state index contributed by atoms with van der Waals surface area (Å²) in [6.45, 7) is 5.85. The van der Waals surface area contributed by atoms with Crippen LogP contribution < -0.4 is 4.74 Å². The van der Waals surface area contributed by atoms with E-state index in [4.69, 9.17) is 4.74 Å². The van der Waals surface area contributed by atoms with Crippen LogP contribution in [0.4, 0.5) is 0 Å². The molecule has 3 heteroatoms. The van der Waals surface area contributed by atoms with Gasteiger partial charge < -0.3 is 4.74 Å². The molecule has 1 aromatic rings. The van der Waals surface area contributed by atoms with Crippen LogP contribution in [-0.2, 0) is 6.42 Å². The first-order chi connectivity index (χ1) is 8.15. The average molecular weight is 252 g/mol. The molecule has 94 valence electrons. The zero-order valence-electron chi connectivity index (χ0n) is 11.0. The van der Waals surface area contributed by atoms with E-state index >= 15 is 0 Å². The first kappa shape index (κ1) is 14.1. The van der Waals surface area contributed by atoms with Crippen molar-refractivity contribution in [2.24, 2.45) is 0 Å². The average Bonchev–Trinajstić information content (AvgIpc) is 2.31. The Morgan fingerprint density at radius 2 is 2.06 bits per heavy atom. The molecular formula is C14H20O2S. The van der Waals surface area contributed by atoms with E-state index in [0.29, 0.717) is 5.56 Å². The molecule has 0 aliphatic heterocycles. The number of ketones is 1. The van der Waals surface area contributed by atoms with E-state index in [9.17, 15) is 4.79 Å². The number of Topliss-reactive ketones (excluding diaryl/α,β-unsaturated/α-hetero) is 1. The molecule has 0 fully saturated rings. The van der Waals surface area contributed by atoms with Gasteiger partial charge in [0, 0.05) is 10.5 Å². The quantitative estimate of drug-likeness (QED) is 0.566. The van der Waals surface area contributed by atoms with Crippen molar-refractivity contribution < 1.29 is 9.53 Å². The SMILES string of the molecule is CCCc1c(SCC)ccc(C(C)=O)c1OC. The van der Waals surface area contributed by atoms with Gasteiger partial charge in [-0.05, 0) is 31.2 Å². The molecule has 1 rings (SSSR count). The van der Waals surface area contributed by atoms with E-state index in [2.05, 4.69) is 13.8 Å². The number of hydrogen-bond acceptors (Lipinski definition) is 3. The van der Waals surface area contributed by atoms with Crippen LogP contribution in [0, 0.1) is 0 Å². The van der Waals surface area contributed by atoms with Gasteiger partial charge in [-0.3, -0.25) is 4.79 Å². The molecule has 17 heavy (non-hydrogen) atoms. The minimum absolute atomic E-state index is 0.0623. The molecule has 0 radical (unpaired) electrons. The van der Waals surface area contributed by atoms with Gasteiger partial charge in [0.05, 0.1) is 12.7 Å². The number of methoxy groups -OCH3 is 1. The topological polar surface area (TPSA) is 26.3 Å². The number of carbonyl (C=O) groups excluding carboxylic acids is 1. The van der Waals surface area contributed by atoms with Crippen LogP contribution >= 0.6 is 11.8 Å². The summed E-state index contributed by atoms with van der Waals surface area (Å²) in [5.41, 5.74) is 1.87. The Hall–Kier alpha value is -0.960. The van der Waals surface area contributed by atoms with Gasteiger partial charge in [-0.1, -0.05) is 20.3 Å². The Balaban J connectivity index is 3.32. The van der Waals surface area contributed by atoms with Gasteiger partial charge in [-0.25, -0.2) is 0 Å². The molecule has 0 bridgehead atoms. The molecule has 0 heterocycles. The molecule has 0 amide bonds. The lowest BCUT2D eigenvalue weighted by Gasteiger charge is -2.15. The Morgan fingerprint density at radius 1 is 1.35 bits per heavy atom. The Kier molecular flexibility index (Phi) is 5.56. The molecule has 0 saturated heterocycles. The van der Waals surface area contributed by atoms with Crippen molar-refractivity contribution in [3.8, 4) is 5.75 Å². The van der Waals surface area contributed by atoms with Gasteiger partial charge >= 0.3 is 0 Å². The third kappa shape index (κ3) is 3.25. The number of rotatable bonds is 6. The van der Waals surface area contributed by atoms with Crippen LogP contribution in [0.25, 0.3) is 0 Å². The van der Waals surface area contributed by atoms with E-state index in [1.54, 1.807) is 25.8 Å². The van der Waals surface area contributed by atoms with Gasteiger partial charge in [0.2, 0.25) is 0 Å². The fourth-order valence-corrected chi connectivity index (χ4v) is 2.74. The monoisotopic (exact) mass is 252 g/mol. The summed E-state index contributed by atoms with van der Waals surface area (Å²) in [7, 11) is 1.64. The van der Waals surface area contributed by atoms with Gasteiger partial charge in [-0.2, -0.15) is 0 Å². The lowest BCUT2D eigenvalue weighted by atomic mass is 10.0. The minimum atomic E-state index is 0.0623. The number of ether oxygens (including phenoxy) is 1. The second kappa shape index (κ2) is 6.70. The number of hydrogen-bond donors (Lipinski definition) is 0. The highest BCUT2D eigenvalue weighted by atomic mass is 32.2. The third-order valence-electron chi connectivity index (χ3n) is 2.60. The second-order valence-electron chi connectivity index (χ2n) is 3.86. The predicted octanol–water partition coefficient (Wildman–Crippen LogP) is 3.96. The van der Waals surface area contributed by atoms with Crippen molar-refractivity contribution in [1.82, 2.24) is 0 Å². The summed E-state index contributed by atoms with van der Waals surface area (Å²) in [5, 5.41) is 0. The lowest BCUT2D eigenvalue weighted by molar-refractivity contribution is 0.101. The fourth-order valence-electron chi connectivity index (χ4n) is 1.90. The third-order valence-corrected chi connectivity index (χ3v) is 3.58. The summed E-state index contributed by atoms with van der Waals surface area (Å²) >= 11 is 1.80. The standard InChI is InChI=1S/C14H20O2S/c1-5-7-12-13(17-6-2)9-8-11(10(3)15)14(12)16-4/h8-9H,5-7H2,1-4H3. The van der Waals surface area contributed by atoms with E-state index in [0.717, 1.165) is 24.3 Å². The zero-order chi connectivity index (χ0) is 12.8. The van der Waals surface area contributed by atoms with Crippen molar-refractivity contribution in [1.29, 1.82) is 0 Å². The zero-order valence-corrected chi connectivity index (χ0v) is 11.8. The minimum Gasteiger partial charge on any atom is -0.496 e. The van der Waals surface area contributed by atoms with E-state index < -0.39 is 0 Å². The van der Waals surface area contributed by atoms with E-state index in [1.165, 1.54) is 10.5 Å². The summed E-state index contributed by atoms with van der Waals surface area (Å²) in [5.74, 6) is 1.85. The molecule has 1 aromatic carbocycles. The molecule has 0 aromatic heterocycles. The number of benzene rings is 1. The second-order valence-corrected chi connectivity index (χ2v) is 5.17. The van der Waals surface area contributed by atoms with Gasteiger partial charge in [0.1, 0.15) is 5.75 Å². The molecule has 0 aliphatic rings. The van der Waals surface area contributed by atoms with Crippen LogP contribution in [0.3, 0.4) is 0 Å². The Morgan fingerprint density at radius 3 is 2.53 bits per heavy atom. The summed E-state index contributed by atoms with van der Waals surface area (Å²) in [6.07, 6.45) is 2.00. The van der Waals surface area contributed by atoms with Crippen molar-refractivity contribution in [2.45, 2.75) is 38.5 Å². The Labute approximate surface area is 108 Å². The predicted molar refractivity (Wildman–Crippen MR) is 73.4 cm³/mol. The number of carbonyl (C=O) groups is 1. The van der Waals surface area contributed by atoms with Gasteiger partial charge in [-0.15, -0.1) is 11.8 Å². The highest BCUT2D eigenvalue weighted by molar-refractivity contribution is 7.99. The molecule has 2 nitrogen and oxygen atoms in total. The molecule has 0 spiro atoms. The van der Waals surface area contributed by atoms with Crippen LogP contribution in [0.5, 0.6) is 5.75 Å². The van der Waals surface area contributed by atoms with Crippen LogP contribution in [0.15, 0.2) is 17.0 Å². The highest BCUT2D eigenvalue weighted by Gasteiger charge is 2.16. The van der Waals surface area contributed by atoms with E-state index in [1.807, 2.05) is 12.1 Å². The van der Waals surface area contributed by atoms with Crippen LogP contribution in [-0.4, -0.2) is 18.6 Å². The molecule has 0 aliphatic carbocycles. The summed E-state index contributed by atoms with van der Waals surface area (Å²) in [6, 6.07) is 3.91. The maximum Gasteiger partial charge on any atom is 0.163 e. The number of thioether (sulfide) groups is 1. The molecule has 0 unspecified atom stereocenters. The van der Waals surface area contributed by atoms with Crippen LogP contribution in [0.2, 0.25) is 0 Å². The molecule has 0 N–H and O–H groups in total. The highest BCUT2D eigenvalue weighted by Crippen LogP contribution is 2.34. The maximum atomic E-state index is 11.6. The molecule has 0 saturated carbocycles. The van der Waals surface area contributed by atoms with Gasteiger partial charge in [0.15, 0.2) is 5.78 Å². The summed E-state index contributed by atoms with van der Waals surface area (Å²) in [4.78, 5) is 12.8. The van der Waals surface area contributed by atoms with E-state index in [-0.39, 0.29) is 5.78 Å². The first-order valence-electron chi connectivity index (χ1n) is 5.99. The smallest absolute Gasteiger partial charge is 0.163 e. The normalized spacial score (nSPS) is 10.4. The largest absolute Gasteiger partial charge is 0.496 e. The van der Waals surface area contributed by atoms with Crippen molar-refractivity contribution in [3.05, 3.63) is 23.3 Å². The fraction of sp³-hybridized carbons (Fsp3) is 0.500. The maximum absolute atomic E-state index is 11.6. The first-order valence-corrected chi connectivity index (χ1v) is 6.97. The van der Waals surface area contributed by atoms with Gasteiger partial charge in [0.25, 0.3) is 0 Å². The molecule has 0 atom stereocenters. The van der Waals surface area contributed by atoms with Crippen molar-refractivity contribution in [3.63, 3.8) is 0 Å². The molecular weight excluding hydrogens is 232 g/mol. The Bertz CT molecular complexity index is 399.